The van der Waals surface area contributed by atoms with Crippen molar-refractivity contribution in [3.63, 3.8) is 0 Å². The standard InChI is InChI=1S/C25H31F3N2O2S/c1-16(19-8-3-4-9-20(19)25(26,27)28)14-21-29-23(32)24(2,33-21)15-17-10-12-30(13-11-17)22(31)18-6-5-7-18/h3-4,8-9,16-18H,5-7,10-15H2,1-2H3/t16-,24?/m1/s1. The molecule has 2 aliphatic heterocycles. The first kappa shape index (κ1) is 24.3. The number of benzene rings is 1. The van der Waals surface area contributed by atoms with E-state index in [1.165, 1.54) is 23.9 Å². The van der Waals surface area contributed by atoms with Gasteiger partial charge in [0.2, 0.25) is 5.91 Å². The fourth-order valence-electron chi connectivity index (χ4n) is 5.15. The van der Waals surface area contributed by atoms with Crippen LogP contribution in [0.4, 0.5) is 13.2 Å². The number of rotatable bonds is 6. The average Bonchev–Trinajstić information content (AvgIpc) is 2.99. The van der Waals surface area contributed by atoms with Crippen LogP contribution in [-0.2, 0) is 15.8 Å². The minimum Gasteiger partial charge on any atom is -0.342 e. The van der Waals surface area contributed by atoms with E-state index < -0.39 is 22.4 Å². The van der Waals surface area contributed by atoms with Gasteiger partial charge in [0.05, 0.1) is 10.6 Å². The average molecular weight is 481 g/mol. The molecule has 2 amide bonds. The van der Waals surface area contributed by atoms with Crippen LogP contribution in [0.5, 0.6) is 0 Å². The number of hydrogen-bond donors (Lipinski definition) is 0. The van der Waals surface area contributed by atoms with Crippen LogP contribution in [0.1, 0.15) is 75.8 Å². The SMILES string of the molecule is C[C@H](CC1=NC(=O)C(C)(CC2CCN(C(=O)C3CCC3)CC2)S1)c1ccccc1C(F)(F)F. The van der Waals surface area contributed by atoms with Gasteiger partial charge in [-0.2, -0.15) is 13.2 Å². The van der Waals surface area contributed by atoms with E-state index >= 15 is 0 Å². The van der Waals surface area contributed by atoms with E-state index in [0.29, 0.717) is 23.8 Å². The van der Waals surface area contributed by atoms with Crippen molar-refractivity contribution in [3.8, 4) is 0 Å². The number of nitrogens with zero attached hydrogens (tertiary/aromatic N) is 2. The van der Waals surface area contributed by atoms with Crippen LogP contribution < -0.4 is 0 Å². The molecule has 0 bridgehead atoms. The second-order valence-electron chi connectivity index (χ2n) is 9.93. The lowest BCUT2D eigenvalue weighted by Crippen LogP contribution is -2.44. The van der Waals surface area contributed by atoms with Crippen molar-refractivity contribution in [2.45, 2.75) is 75.6 Å². The molecule has 33 heavy (non-hydrogen) atoms. The highest BCUT2D eigenvalue weighted by molar-refractivity contribution is 8.16. The molecule has 2 heterocycles. The van der Waals surface area contributed by atoms with Crippen LogP contribution in [0, 0.1) is 11.8 Å². The van der Waals surface area contributed by atoms with Crippen molar-refractivity contribution in [2.24, 2.45) is 16.8 Å². The summed E-state index contributed by atoms with van der Waals surface area (Å²) in [6.45, 7) is 5.14. The summed E-state index contributed by atoms with van der Waals surface area (Å²) in [4.78, 5) is 31.5. The number of likely N-dealkylation sites (tertiary alicyclic amines) is 1. The van der Waals surface area contributed by atoms with Crippen LogP contribution in [0.3, 0.4) is 0 Å². The Kier molecular flexibility index (Phi) is 6.95. The van der Waals surface area contributed by atoms with Crippen molar-refractivity contribution >= 4 is 28.6 Å². The first-order chi connectivity index (χ1) is 15.6. The van der Waals surface area contributed by atoms with Crippen molar-refractivity contribution in [1.29, 1.82) is 0 Å². The molecule has 1 saturated carbocycles. The highest BCUT2D eigenvalue weighted by atomic mass is 32.2. The summed E-state index contributed by atoms with van der Waals surface area (Å²) in [5, 5.41) is 0.615. The number of amides is 2. The molecule has 4 nitrogen and oxygen atoms in total. The third-order valence-corrected chi connectivity index (χ3v) is 8.64. The van der Waals surface area contributed by atoms with Gasteiger partial charge in [-0.1, -0.05) is 43.3 Å². The molecule has 2 fully saturated rings. The smallest absolute Gasteiger partial charge is 0.342 e. The lowest BCUT2D eigenvalue weighted by atomic mass is 9.82. The molecule has 0 radical (unpaired) electrons. The summed E-state index contributed by atoms with van der Waals surface area (Å²) in [5.74, 6) is 0.258. The lowest BCUT2D eigenvalue weighted by molar-refractivity contribution is -0.140. The van der Waals surface area contributed by atoms with E-state index in [1.54, 1.807) is 13.0 Å². The number of hydrogen-bond acceptors (Lipinski definition) is 3. The predicted molar refractivity (Wildman–Crippen MR) is 124 cm³/mol. The van der Waals surface area contributed by atoms with Gasteiger partial charge >= 0.3 is 6.18 Å². The van der Waals surface area contributed by atoms with Gasteiger partial charge in [0, 0.05) is 25.4 Å². The summed E-state index contributed by atoms with van der Waals surface area (Å²) >= 11 is 1.41. The zero-order chi connectivity index (χ0) is 23.8. The lowest BCUT2D eigenvalue weighted by Gasteiger charge is -2.38. The molecule has 8 heteroatoms. The molecule has 0 N–H and O–H groups in total. The first-order valence-electron chi connectivity index (χ1n) is 11.8. The van der Waals surface area contributed by atoms with Crippen LogP contribution in [0.2, 0.25) is 0 Å². The molecule has 1 unspecified atom stereocenters. The molecule has 1 aliphatic carbocycles. The molecule has 1 saturated heterocycles. The molecule has 1 aromatic carbocycles. The van der Waals surface area contributed by atoms with Crippen LogP contribution in [0.15, 0.2) is 29.3 Å². The maximum absolute atomic E-state index is 13.4. The Hall–Kier alpha value is -1.83. The number of halogens is 3. The number of thioether (sulfide) groups is 1. The van der Waals surface area contributed by atoms with Gasteiger partial charge in [-0.3, -0.25) is 9.59 Å². The van der Waals surface area contributed by atoms with E-state index in [9.17, 15) is 22.8 Å². The molecular formula is C25H31F3N2O2S. The zero-order valence-corrected chi connectivity index (χ0v) is 20.0. The van der Waals surface area contributed by atoms with E-state index in [4.69, 9.17) is 0 Å². The third kappa shape index (κ3) is 5.31. The van der Waals surface area contributed by atoms with Gasteiger partial charge in [-0.15, -0.1) is 0 Å². The summed E-state index contributed by atoms with van der Waals surface area (Å²) in [6, 6.07) is 5.62. The molecule has 3 aliphatic rings. The minimum absolute atomic E-state index is 0.188. The van der Waals surface area contributed by atoms with Crippen LogP contribution in [-0.4, -0.2) is 39.6 Å². The summed E-state index contributed by atoms with van der Waals surface area (Å²) < 4.78 is 39.5. The van der Waals surface area contributed by atoms with Crippen molar-refractivity contribution in [1.82, 2.24) is 4.90 Å². The van der Waals surface area contributed by atoms with Crippen LogP contribution in [0.25, 0.3) is 0 Å². The van der Waals surface area contributed by atoms with Crippen LogP contribution >= 0.6 is 11.8 Å². The fraction of sp³-hybridized carbons (Fsp3) is 0.640. The zero-order valence-electron chi connectivity index (χ0n) is 19.2. The maximum Gasteiger partial charge on any atom is 0.416 e. The monoisotopic (exact) mass is 480 g/mol. The Morgan fingerprint density at radius 1 is 1.21 bits per heavy atom. The van der Waals surface area contributed by atoms with Gasteiger partial charge in [0.1, 0.15) is 4.75 Å². The number of carbonyl (C=O) groups excluding carboxylic acids is 2. The van der Waals surface area contributed by atoms with Gasteiger partial charge < -0.3 is 4.90 Å². The summed E-state index contributed by atoms with van der Waals surface area (Å²) in [6.07, 6.45) is 1.51. The summed E-state index contributed by atoms with van der Waals surface area (Å²) in [5.41, 5.74) is -0.392. The molecule has 1 aromatic rings. The summed E-state index contributed by atoms with van der Waals surface area (Å²) in [7, 11) is 0. The molecule has 2 atom stereocenters. The van der Waals surface area contributed by atoms with Gasteiger partial charge in [0.25, 0.3) is 5.91 Å². The third-order valence-electron chi connectivity index (χ3n) is 7.36. The highest BCUT2D eigenvalue weighted by Crippen LogP contribution is 2.44. The maximum atomic E-state index is 13.4. The van der Waals surface area contributed by atoms with Crippen molar-refractivity contribution < 1.29 is 22.8 Å². The molecule has 180 valence electrons. The van der Waals surface area contributed by atoms with Gasteiger partial charge in [0.15, 0.2) is 0 Å². The minimum atomic E-state index is -4.41. The number of carbonyl (C=O) groups is 2. The van der Waals surface area contributed by atoms with E-state index in [0.717, 1.165) is 51.3 Å². The molecule has 4 rings (SSSR count). The highest BCUT2D eigenvalue weighted by Gasteiger charge is 2.44. The topological polar surface area (TPSA) is 49.7 Å². The van der Waals surface area contributed by atoms with E-state index in [1.807, 2.05) is 11.8 Å². The number of alkyl halides is 3. The van der Waals surface area contributed by atoms with Crippen molar-refractivity contribution in [2.75, 3.05) is 13.1 Å². The molecular weight excluding hydrogens is 449 g/mol. The molecule has 0 spiro atoms. The van der Waals surface area contributed by atoms with E-state index in [2.05, 4.69) is 4.99 Å². The van der Waals surface area contributed by atoms with E-state index in [-0.39, 0.29) is 23.3 Å². The number of piperidine rings is 1. The quantitative estimate of drug-likeness (QED) is 0.497. The fourth-order valence-corrected chi connectivity index (χ4v) is 6.59. The Labute approximate surface area is 197 Å². The molecule has 0 aromatic heterocycles. The van der Waals surface area contributed by atoms with Gasteiger partial charge in [-0.25, -0.2) is 4.99 Å². The Morgan fingerprint density at radius 3 is 2.48 bits per heavy atom. The largest absolute Gasteiger partial charge is 0.416 e. The Morgan fingerprint density at radius 2 is 1.88 bits per heavy atom. The second kappa shape index (κ2) is 9.43. The normalized spacial score (nSPS) is 25.7. The van der Waals surface area contributed by atoms with Crippen molar-refractivity contribution in [3.05, 3.63) is 35.4 Å². The Balaban J connectivity index is 1.33. The number of aliphatic imine (C=N–C) groups is 1. The van der Waals surface area contributed by atoms with Gasteiger partial charge in [-0.05, 0) is 62.5 Å². The second-order valence-corrected chi connectivity index (χ2v) is 11.5. The predicted octanol–water partition coefficient (Wildman–Crippen LogP) is 6.06. The first-order valence-corrected chi connectivity index (χ1v) is 12.6. The Bertz CT molecular complexity index is 936.